The lowest BCUT2D eigenvalue weighted by molar-refractivity contribution is 0.0854. The summed E-state index contributed by atoms with van der Waals surface area (Å²) in [7, 11) is 4.09. The maximum Gasteiger partial charge on any atom is 0.317 e. The lowest BCUT2D eigenvalue weighted by Gasteiger charge is -2.31. The van der Waals surface area contributed by atoms with Gasteiger partial charge in [0.2, 0.25) is 0 Å². The summed E-state index contributed by atoms with van der Waals surface area (Å²) in [5, 5.41) is 3.00. The molecule has 0 atom stereocenters. The molecule has 0 bridgehead atoms. The van der Waals surface area contributed by atoms with Crippen LogP contribution in [-0.2, 0) is 13.1 Å². The summed E-state index contributed by atoms with van der Waals surface area (Å²) in [6, 6.07) is 17.7. The molecule has 1 saturated heterocycles. The predicted molar refractivity (Wildman–Crippen MR) is 111 cm³/mol. The monoisotopic (exact) mass is 379 g/mol. The first-order valence-electron chi connectivity index (χ1n) is 9.87. The van der Waals surface area contributed by atoms with Crippen molar-refractivity contribution in [2.24, 2.45) is 5.92 Å². The third-order valence-electron chi connectivity index (χ3n) is 5.18. The molecule has 148 valence electrons. The molecular weight excluding hydrogens is 350 g/mol. The van der Waals surface area contributed by atoms with Gasteiger partial charge in [-0.2, -0.15) is 0 Å². The highest BCUT2D eigenvalue weighted by Crippen LogP contribution is 2.21. The van der Waals surface area contributed by atoms with Gasteiger partial charge in [-0.1, -0.05) is 54.6 Å². The number of likely N-dealkylation sites (tertiary alicyclic amines) is 1. The molecule has 1 heterocycles. The zero-order valence-electron chi connectivity index (χ0n) is 16.7. The summed E-state index contributed by atoms with van der Waals surface area (Å²) in [6.45, 7) is 2.67. The maximum absolute atomic E-state index is 12.6. The third kappa shape index (κ3) is 5.42. The molecule has 0 spiro atoms. The number of piperidine rings is 1. The molecular formula is C23H29N3O2. The first kappa shape index (κ1) is 20.1. The van der Waals surface area contributed by atoms with Crippen LogP contribution in [0.1, 0.15) is 34.3 Å². The summed E-state index contributed by atoms with van der Waals surface area (Å²) in [5.41, 5.74) is 3.11. The Morgan fingerprint density at radius 1 is 0.964 bits per heavy atom. The van der Waals surface area contributed by atoms with Gasteiger partial charge in [0, 0.05) is 37.7 Å². The Labute approximate surface area is 167 Å². The van der Waals surface area contributed by atoms with E-state index in [0.29, 0.717) is 19.6 Å². The van der Waals surface area contributed by atoms with Crippen molar-refractivity contribution >= 4 is 11.8 Å². The van der Waals surface area contributed by atoms with E-state index in [1.54, 1.807) is 0 Å². The van der Waals surface area contributed by atoms with E-state index in [1.807, 2.05) is 49.3 Å². The third-order valence-corrected chi connectivity index (χ3v) is 5.18. The first-order chi connectivity index (χ1) is 13.5. The van der Waals surface area contributed by atoms with Gasteiger partial charge < -0.3 is 15.1 Å². The Morgan fingerprint density at radius 2 is 1.57 bits per heavy atom. The van der Waals surface area contributed by atoms with E-state index >= 15 is 0 Å². The Balaban J connectivity index is 1.44. The van der Waals surface area contributed by atoms with Gasteiger partial charge in [0.05, 0.1) is 0 Å². The van der Waals surface area contributed by atoms with Crippen LogP contribution in [0.4, 0.5) is 4.79 Å². The second-order valence-electron chi connectivity index (χ2n) is 7.70. The van der Waals surface area contributed by atoms with Crippen molar-refractivity contribution in [2.75, 3.05) is 27.2 Å². The Bertz CT molecular complexity index is 779. The molecule has 5 heteroatoms. The molecule has 0 saturated carbocycles. The molecule has 1 N–H and O–H groups in total. The van der Waals surface area contributed by atoms with Crippen LogP contribution in [0, 0.1) is 5.92 Å². The number of carbonyl (C=O) groups excluding carboxylic acids is 2. The molecule has 0 aliphatic carbocycles. The van der Waals surface area contributed by atoms with Crippen LogP contribution in [0.15, 0.2) is 54.6 Å². The number of rotatable bonds is 6. The highest BCUT2D eigenvalue weighted by Gasteiger charge is 2.27. The Hall–Kier alpha value is -2.66. The molecule has 5 nitrogen and oxygen atoms in total. The summed E-state index contributed by atoms with van der Waals surface area (Å²) in [6.07, 6.45) is 1.45. The minimum Gasteiger partial charge on any atom is -0.334 e. The molecule has 2 aromatic carbocycles. The zero-order chi connectivity index (χ0) is 19.9. The van der Waals surface area contributed by atoms with Gasteiger partial charge >= 0.3 is 6.03 Å². The average molecular weight is 380 g/mol. The van der Waals surface area contributed by atoms with E-state index in [4.69, 9.17) is 0 Å². The van der Waals surface area contributed by atoms with Gasteiger partial charge in [0.15, 0.2) is 5.78 Å². The minimum absolute atomic E-state index is 0.00990. The lowest BCUT2D eigenvalue weighted by Crippen LogP contribution is -2.45. The van der Waals surface area contributed by atoms with Crippen molar-refractivity contribution in [3.63, 3.8) is 0 Å². The largest absolute Gasteiger partial charge is 0.334 e. The van der Waals surface area contributed by atoms with Crippen LogP contribution in [0.5, 0.6) is 0 Å². The van der Waals surface area contributed by atoms with Crippen LogP contribution in [0.2, 0.25) is 0 Å². The van der Waals surface area contributed by atoms with Gasteiger partial charge in [-0.15, -0.1) is 0 Å². The zero-order valence-corrected chi connectivity index (χ0v) is 16.7. The fourth-order valence-electron chi connectivity index (χ4n) is 3.60. The molecule has 3 rings (SSSR count). The number of hydrogen-bond donors (Lipinski definition) is 1. The van der Waals surface area contributed by atoms with E-state index < -0.39 is 0 Å². The van der Waals surface area contributed by atoms with Crippen molar-refractivity contribution in [1.82, 2.24) is 15.1 Å². The average Bonchev–Trinajstić information content (AvgIpc) is 2.73. The number of carbonyl (C=O) groups is 2. The number of amides is 2. The van der Waals surface area contributed by atoms with Crippen LogP contribution >= 0.6 is 0 Å². The van der Waals surface area contributed by atoms with E-state index in [2.05, 4.69) is 34.5 Å². The quantitative estimate of drug-likeness (QED) is 0.781. The fraction of sp³-hybridized carbons (Fsp3) is 0.391. The minimum atomic E-state index is -0.0528. The number of ketones is 1. The summed E-state index contributed by atoms with van der Waals surface area (Å²) >= 11 is 0. The second-order valence-corrected chi connectivity index (χ2v) is 7.70. The first-order valence-corrected chi connectivity index (χ1v) is 9.87. The molecule has 0 radical (unpaired) electrons. The van der Waals surface area contributed by atoms with E-state index in [1.165, 1.54) is 5.56 Å². The summed E-state index contributed by atoms with van der Waals surface area (Å²) < 4.78 is 0. The summed E-state index contributed by atoms with van der Waals surface area (Å²) in [5.74, 6) is 0.203. The van der Waals surface area contributed by atoms with Crippen molar-refractivity contribution in [1.29, 1.82) is 0 Å². The highest BCUT2D eigenvalue weighted by molar-refractivity contribution is 5.97. The lowest BCUT2D eigenvalue weighted by atomic mass is 9.89. The molecule has 1 fully saturated rings. The fourth-order valence-corrected chi connectivity index (χ4v) is 3.60. The SMILES string of the molecule is CN(C)Cc1ccc(CNC(=O)N2CCC(C(=O)c3ccccc3)CC2)cc1. The molecule has 2 aromatic rings. The van der Waals surface area contributed by atoms with Gasteiger partial charge in [0.25, 0.3) is 0 Å². The smallest absolute Gasteiger partial charge is 0.317 e. The number of Topliss-reactive ketones (excluding diaryl/α,β-unsaturated/α-hetero) is 1. The molecule has 1 aliphatic rings. The van der Waals surface area contributed by atoms with Crippen molar-refractivity contribution in [3.05, 3.63) is 71.3 Å². The molecule has 0 unspecified atom stereocenters. The number of nitrogens with zero attached hydrogens (tertiary/aromatic N) is 2. The molecule has 28 heavy (non-hydrogen) atoms. The number of nitrogens with one attached hydrogen (secondary N) is 1. The number of urea groups is 1. The highest BCUT2D eigenvalue weighted by atomic mass is 16.2. The Morgan fingerprint density at radius 3 is 2.18 bits per heavy atom. The topological polar surface area (TPSA) is 52.7 Å². The van der Waals surface area contributed by atoms with Crippen LogP contribution in [-0.4, -0.2) is 48.8 Å². The predicted octanol–water partition coefficient (Wildman–Crippen LogP) is 3.55. The van der Waals surface area contributed by atoms with Gasteiger partial charge in [0.1, 0.15) is 0 Å². The van der Waals surface area contributed by atoms with Gasteiger partial charge in [-0.25, -0.2) is 4.79 Å². The standard InChI is InChI=1S/C23H29N3O2/c1-25(2)17-19-10-8-18(9-11-19)16-24-23(28)26-14-12-21(13-15-26)22(27)20-6-4-3-5-7-20/h3-11,21H,12-17H2,1-2H3,(H,24,28). The Kier molecular flexibility index (Phi) is 6.82. The number of hydrogen-bond acceptors (Lipinski definition) is 3. The van der Waals surface area contributed by atoms with E-state index in [-0.39, 0.29) is 17.7 Å². The van der Waals surface area contributed by atoms with Crippen LogP contribution < -0.4 is 5.32 Å². The van der Waals surface area contributed by atoms with Crippen LogP contribution in [0.3, 0.4) is 0 Å². The molecule has 2 amide bonds. The van der Waals surface area contributed by atoms with Gasteiger partial charge in [-0.05, 0) is 38.1 Å². The molecule has 0 aromatic heterocycles. The number of benzene rings is 2. The van der Waals surface area contributed by atoms with Crippen molar-refractivity contribution < 1.29 is 9.59 Å². The van der Waals surface area contributed by atoms with E-state index in [0.717, 1.165) is 30.5 Å². The van der Waals surface area contributed by atoms with Crippen molar-refractivity contribution in [3.8, 4) is 0 Å². The van der Waals surface area contributed by atoms with E-state index in [9.17, 15) is 9.59 Å². The normalized spacial score (nSPS) is 14.9. The second kappa shape index (κ2) is 9.51. The van der Waals surface area contributed by atoms with Crippen LogP contribution in [0.25, 0.3) is 0 Å². The van der Waals surface area contributed by atoms with Crippen molar-refractivity contribution in [2.45, 2.75) is 25.9 Å². The molecule has 1 aliphatic heterocycles. The summed E-state index contributed by atoms with van der Waals surface area (Å²) in [4.78, 5) is 29.0. The maximum atomic E-state index is 12.6. The van der Waals surface area contributed by atoms with Gasteiger partial charge in [-0.3, -0.25) is 4.79 Å².